The van der Waals surface area contributed by atoms with E-state index in [2.05, 4.69) is 12.2 Å². The molecule has 0 spiro atoms. The largest absolute Gasteiger partial charge is 0.497 e. The Hall–Kier alpha value is -2.65. The van der Waals surface area contributed by atoms with E-state index in [1.807, 2.05) is 0 Å². The van der Waals surface area contributed by atoms with Crippen LogP contribution in [0.3, 0.4) is 0 Å². The number of nitrogens with one attached hydrogen (secondary N) is 1. The fraction of sp³-hybridized carbons (Fsp3) is 0.690. The highest BCUT2D eigenvalue weighted by Gasteiger charge is 2.43. The summed E-state index contributed by atoms with van der Waals surface area (Å²) in [5.41, 5.74) is -0.458. The molecule has 2 rings (SSSR count). The van der Waals surface area contributed by atoms with E-state index in [4.69, 9.17) is 14.2 Å². The molecule has 1 aromatic carbocycles. The highest BCUT2D eigenvalue weighted by Crippen LogP contribution is 2.41. The van der Waals surface area contributed by atoms with Crippen LogP contribution >= 0.6 is 0 Å². The lowest BCUT2D eigenvalue weighted by Gasteiger charge is -2.42. The Morgan fingerprint density at radius 2 is 1.76 bits per heavy atom. The van der Waals surface area contributed by atoms with Crippen LogP contribution in [0.1, 0.15) is 103 Å². The first-order valence-electron chi connectivity index (χ1n) is 14.1. The van der Waals surface area contributed by atoms with Gasteiger partial charge >= 0.3 is 0 Å². The molecule has 0 aromatic heterocycles. The minimum Gasteiger partial charge on any atom is -0.497 e. The maximum Gasteiger partial charge on any atom is 0.270 e. The molecule has 214 valence electrons. The van der Waals surface area contributed by atoms with Gasteiger partial charge in [0, 0.05) is 24.1 Å². The molecule has 0 saturated heterocycles. The van der Waals surface area contributed by atoms with Crippen molar-refractivity contribution in [3.05, 3.63) is 45.9 Å². The summed E-state index contributed by atoms with van der Waals surface area (Å²) in [6, 6.07) is 3.77. The van der Waals surface area contributed by atoms with Gasteiger partial charge in [-0.25, -0.2) is 0 Å². The van der Waals surface area contributed by atoms with E-state index < -0.39 is 22.7 Å². The third kappa shape index (κ3) is 10.6. The molecule has 2 N–H and O–H groups in total. The maximum atomic E-state index is 11.3. The molecular weight excluding hydrogens is 488 g/mol. The zero-order valence-electron chi connectivity index (χ0n) is 23.3. The molecule has 0 amide bonds. The van der Waals surface area contributed by atoms with Crippen molar-refractivity contribution in [1.29, 1.82) is 0 Å². The topological polar surface area (TPSA) is 120 Å². The van der Waals surface area contributed by atoms with Crippen LogP contribution in [-0.4, -0.2) is 47.8 Å². The first-order valence-corrected chi connectivity index (χ1v) is 14.1. The van der Waals surface area contributed by atoms with E-state index in [1.54, 1.807) is 19.9 Å². The molecule has 0 aliphatic carbocycles. The first kappa shape index (κ1) is 31.6. The maximum absolute atomic E-state index is 11.3. The Labute approximate surface area is 227 Å². The van der Waals surface area contributed by atoms with Gasteiger partial charge in [0.2, 0.25) is 0 Å². The number of unbranched alkanes of at least 4 members (excludes halogenated alkanes) is 9. The van der Waals surface area contributed by atoms with E-state index in [9.17, 15) is 20.0 Å². The lowest BCUT2D eigenvalue weighted by molar-refractivity contribution is -0.385. The minimum absolute atomic E-state index is 0.0729. The molecule has 1 aliphatic rings. The standard InChI is InChI=1S/C29H46N2O7/c1-4-5-6-7-8-9-10-11-12-13-19-37-24(22-36-18-14-17-32)21-30-27-25-20-23(31(34)35)15-16-26(25)38-29(2,3)28(27)33/h15-17,20,22,27-28,30,33H,4-14,18-19,21H2,1-3H3/b24-22-. The zero-order valence-corrected chi connectivity index (χ0v) is 23.3. The fourth-order valence-corrected chi connectivity index (χ4v) is 4.52. The highest BCUT2D eigenvalue weighted by atomic mass is 16.6. The summed E-state index contributed by atoms with van der Waals surface area (Å²) in [6.45, 7) is 6.80. The lowest BCUT2D eigenvalue weighted by Crippen LogP contribution is -2.52. The number of nitro groups is 1. The average Bonchev–Trinajstić information content (AvgIpc) is 2.89. The number of aliphatic hydroxyl groups excluding tert-OH is 1. The predicted octanol–water partition coefficient (Wildman–Crippen LogP) is 6.14. The number of non-ortho nitro benzene ring substituents is 1. The van der Waals surface area contributed by atoms with Crippen molar-refractivity contribution in [2.75, 3.05) is 19.8 Å². The number of rotatable bonds is 20. The summed E-state index contributed by atoms with van der Waals surface area (Å²) >= 11 is 0. The Balaban J connectivity index is 1.92. The zero-order chi connectivity index (χ0) is 27.8. The molecule has 2 unspecified atom stereocenters. The van der Waals surface area contributed by atoms with Crippen LogP contribution in [0.5, 0.6) is 5.75 Å². The third-order valence-electron chi connectivity index (χ3n) is 6.79. The summed E-state index contributed by atoms with van der Waals surface area (Å²) in [6.07, 6.45) is 13.9. The van der Waals surface area contributed by atoms with Crippen molar-refractivity contribution in [3.63, 3.8) is 0 Å². The van der Waals surface area contributed by atoms with Gasteiger partial charge in [0.1, 0.15) is 35.8 Å². The Kier molecular flexibility index (Phi) is 14.2. The van der Waals surface area contributed by atoms with Crippen LogP contribution < -0.4 is 10.1 Å². The molecular formula is C29H46N2O7. The second-order valence-electron chi connectivity index (χ2n) is 10.4. The number of nitro benzene ring substituents is 1. The second kappa shape index (κ2) is 17.0. The molecule has 9 nitrogen and oxygen atoms in total. The van der Waals surface area contributed by atoms with Gasteiger partial charge in [-0.3, -0.25) is 10.1 Å². The number of fused-ring (bicyclic) bond motifs is 1. The highest BCUT2D eigenvalue weighted by molar-refractivity contribution is 5.49. The number of aliphatic hydroxyl groups is 1. The van der Waals surface area contributed by atoms with E-state index in [0.717, 1.165) is 19.1 Å². The third-order valence-corrected chi connectivity index (χ3v) is 6.79. The van der Waals surface area contributed by atoms with Gasteiger partial charge < -0.3 is 29.4 Å². The molecule has 38 heavy (non-hydrogen) atoms. The molecule has 2 atom stereocenters. The van der Waals surface area contributed by atoms with Gasteiger partial charge in [-0.1, -0.05) is 64.7 Å². The Bertz CT molecular complexity index is 888. The molecule has 0 bridgehead atoms. The first-order chi connectivity index (χ1) is 18.3. The number of carbonyl (C=O) groups excluding carboxylic acids is 1. The molecule has 0 fully saturated rings. The molecule has 1 aliphatic heterocycles. The summed E-state index contributed by atoms with van der Waals surface area (Å²) in [4.78, 5) is 21.5. The molecule has 9 heteroatoms. The van der Waals surface area contributed by atoms with Gasteiger partial charge in [-0.15, -0.1) is 0 Å². The number of ether oxygens (including phenoxy) is 3. The van der Waals surface area contributed by atoms with Crippen molar-refractivity contribution >= 4 is 12.0 Å². The van der Waals surface area contributed by atoms with Crippen LogP contribution in [0.15, 0.2) is 30.2 Å². The van der Waals surface area contributed by atoms with E-state index in [-0.39, 0.29) is 25.3 Å². The molecule has 0 saturated carbocycles. The lowest BCUT2D eigenvalue weighted by atomic mass is 9.86. The summed E-state index contributed by atoms with van der Waals surface area (Å²) < 4.78 is 17.4. The van der Waals surface area contributed by atoms with Crippen molar-refractivity contribution in [2.45, 2.75) is 109 Å². The van der Waals surface area contributed by atoms with Crippen LogP contribution in [0.2, 0.25) is 0 Å². The Morgan fingerprint density at radius 1 is 1.11 bits per heavy atom. The average molecular weight is 535 g/mol. The number of nitrogens with zero attached hydrogens (tertiary/aromatic N) is 1. The van der Waals surface area contributed by atoms with Crippen molar-refractivity contribution in [3.8, 4) is 5.75 Å². The van der Waals surface area contributed by atoms with E-state index >= 15 is 0 Å². The Morgan fingerprint density at radius 3 is 2.39 bits per heavy atom. The van der Waals surface area contributed by atoms with Crippen molar-refractivity contribution in [1.82, 2.24) is 5.32 Å². The number of carbonyl (C=O) groups is 1. The van der Waals surface area contributed by atoms with Crippen molar-refractivity contribution in [2.24, 2.45) is 0 Å². The van der Waals surface area contributed by atoms with Gasteiger partial charge in [0.05, 0.1) is 30.7 Å². The predicted molar refractivity (Wildman–Crippen MR) is 147 cm³/mol. The SMILES string of the molecule is CCCCCCCCCCCCO/C(=C\OCCC=O)CNC1c2cc([N+](=O)[O-])ccc2OC(C)(C)C1O. The van der Waals surface area contributed by atoms with Gasteiger partial charge in [-0.05, 0) is 26.3 Å². The fourth-order valence-electron chi connectivity index (χ4n) is 4.52. The van der Waals surface area contributed by atoms with E-state index in [1.165, 1.54) is 69.8 Å². The number of aldehydes is 1. The smallest absolute Gasteiger partial charge is 0.270 e. The quantitative estimate of drug-likeness (QED) is 0.0673. The minimum atomic E-state index is -0.962. The molecule has 0 radical (unpaired) electrons. The monoisotopic (exact) mass is 534 g/mol. The molecule has 1 heterocycles. The summed E-state index contributed by atoms with van der Waals surface area (Å²) in [5, 5.41) is 25.6. The summed E-state index contributed by atoms with van der Waals surface area (Å²) in [7, 11) is 0. The second-order valence-corrected chi connectivity index (χ2v) is 10.4. The van der Waals surface area contributed by atoms with Gasteiger partial charge in [0.15, 0.2) is 0 Å². The molecule has 1 aromatic rings. The van der Waals surface area contributed by atoms with Crippen LogP contribution in [0, 0.1) is 10.1 Å². The van der Waals surface area contributed by atoms with Crippen LogP contribution in [0.25, 0.3) is 0 Å². The van der Waals surface area contributed by atoms with Gasteiger partial charge in [0.25, 0.3) is 5.69 Å². The number of hydrogen-bond acceptors (Lipinski definition) is 8. The summed E-state index contributed by atoms with van der Waals surface area (Å²) in [5.74, 6) is 1.03. The normalized spacial score (nSPS) is 18.4. The number of hydrogen-bond donors (Lipinski definition) is 2. The number of benzene rings is 1. The van der Waals surface area contributed by atoms with Gasteiger partial charge in [-0.2, -0.15) is 0 Å². The van der Waals surface area contributed by atoms with Crippen LogP contribution in [0.4, 0.5) is 5.69 Å². The van der Waals surface area contributed by atoms with Crippen molar-refractivity contribution < 1.29 is 29.0 Å². The van der Waals surface area contributed by atoms with Crippen LogP contribution in [-0.2, 0) is 14.3 Å². The van der Waals surface area contributed by atoms with E-state index in [0.29, 0.717) is 23.7 Å².